The van der Waals surface area contributed by atoms with Crippen LogP contribution in [-0.2, 0) is 5.41 Å². The quantitative estimate of drug-likeness (QED) is 0.180. The highest BCUT2D eigenvalue weighted by atomic mass is 32.1. The van der Waals surface area contributed by atoms with Gasteiger partial charge < -0.3 is 0 Å². The minimum absolute atomic E-state index is 0.375. The summed E-state index contributed by atoms with van der Waals surface area (Å²) in [5.41, 5.74) is 16.2. The van der Waals surface area contributed by atoms with Gasteiger partial charge in [0.15, 0.2) is 5.82 Å². The van der Waals surface area contributed by atoms with Crippen LogP contribution in [-0.4, -0.2) is 9.97 Å². The van der Waals surface area contributed by atoms with Gasteiger partial charge in [-0.3, -0.25) is 0 Å². The second-order valence-electron chi connectivity index (χ2n) is 14.8. The van der Waals surface area contributed by atoms with E-state index >= 15 is 0 Å². The van der Waals surface area contributed by atoms with Crippen LogP contribution in [0, 0.1) is 0 Å². The summed E-state index contributed by atoms with van der Waals surface area (Å²) in [5.74, 6) is 0.710. The van der Waals surface area contributed by atoms with E-state index in [2.05, 4.69) is 194 Å². The molecule has 0 bridgehead atoms. The van der Waals surface area contributed by atoms with E-state index in [0.29, 0.717) is 5.82 Å². The Morgan fingerprint density at radius 3 is 1.77 bits per heavy atom. The zero-order valence-electron chi connectivity index (χ0n) is 30.3. The van der Waals surface area contributed by atoms with Gasteiger partial charge in [-0.15, -0.1) is 11.3 Å². The van der Waals surface area contributed by atoms with Gasteiger partial charge in [0.25, 0.3) is 0 Å². The minimum Gasteiger partial charge on any atom is -0.228 e. The zero-order chi connectivity index (χ0) is 36.8. The Balaban J connectivity index is 1.10. The number of nitrogens with zero attached hydrogens (tertiary/aromatic N) is 2. The number of hydrogen-bond acceptors (Lipinski definition) is 3. The van der Waals surface area contributed by atoms with Gasteiger partial charge in [-0.05, 0) is 73.5 Å². The molecule has 2 nitrogen and oxygen atoms in total. The van der Waals surface area contributed by atoms with Crippen LogP contribution in [0.4, 0.5) is 0 Å². The standard InChI is InChI=1S/C53H32N2S/c1-2-16-34(17-3-1)47-32-48(40-25-14-18-33-15-4-5-19-36(33)40)55-52(54-47)41-23-7-6-20-37(41)35-29-30-46-43(31-35)50-42-24-10-13-28-49(42)56-51(50)53(46)44-26-11-8-21-38(44)39-22-9-12-27-45(39)53/h1-32H. The monoisotopic (exact) mass is 728 g/mol. The van der Waals surface area contributed by atoms with Crippen molar-refractivity contribution >= 4 is 32.2 Å². The van der Waals surface area contributed by atoms with Crippen molar-refractivity contribution in [2.45, 2.75) is 5.41 Å². The van der Waals surface area contributed by atoms with Crippen LogP contribution >= 0.6 is 11.3 Å². The van der Waals surface area contributed by atoms with Crippen LogP contribution in [0.1, 0.15) is 21.6 Å². The van der Waals surface area contributed by atoms with E-state index in [1.165, 1.54) is 64.7 Å². The number of benzene rings is 8. The Kier molecular flexibility index (Phi) is 6.75. The van der Waals surface area contributed by atoms with Gasteiger partial charge in [0.05, 0.1) is 16.8 Å². The first-order valence-corrected chi connectivity index (χ1v) is 20.0. The van der Waals surface area contributed by atoms with Crippen molar-refractivity contribution in [1.29, 1.82) is 0 Å². The van der Waals surface area contributed by atoms with Crippen LogP contribution in [0.2, 0.25) is 0 Å². The molecule has 2 aliphatic carbocycles. The third-order valence-corrected chi connectivity index (χ3v) is 13.2. The number of aromatic nitrogens is 2. The molecule has 0 radical (unpaired) electrons. The van der Waals surface area contributed by atoms with E-state index in [9.17, 15) is 0 Å². The molecule has 260 valence electrons. The summed E-state index contributed by atoms with van der Waals surface area (Å²) >= 11 is 1.95. The topological polar surface area (TPSA) is 25.8 Å². The summed E-state index contributed by atoms with van der Waals surface area (Å²) in [6.45, 7) is 0. The number of fused-ring (bicyclic) bond motifs is 13. The third kappa shape index (κ3) is 4.38. The molecular weight excluding hydrogens is 697 g/mol. The summed E-state index contributed by atoms with van der Waals surface area (Å²) < 4.78 is 1.32. The van der Waals surface area contributed by atoms with Gasteiger partial charge >= 0.3 is 0 Å². The summed E-state index contributed by atoms with van der Waals surface area (Å²) in [6, 6.07) is 70.4. The Morgan fingerprint density at radius 1 is 0.375 bits per heavy atom. The van der Waals surface area contributed by atoms with E-state index in [1.807, 2.05) is 11.3 Å². The lowest BCUT2D eigenvalue weighted by molar-refractivity contribution is 0.812. The van der Waals surface area contributed by atoms with E-state index in [-0.39, 0.29) is 5.41 Å². The van der Waals surface area contributed by atoms with Gasteiger partial charge in [-0.25, -0.2) is 9.97 Å². The molecular formula is C53H32N2S. The van der Waals surface area contributed by atoms with Gasteiger partial charge in [-0.1, -0.05) is 176 Å². The summed E-state index contributed by atoms with van der Waals surface area (Å²) in [7, 11) is 0. The number of rotatable bonds is 4. The van der Waals surface area contributed by atoms with Gasteiger partial charge in [-0.2, -0.15) is 0 Å². The summed E-state index contributed by atoms with van der Waals surface area (Å²) in [4.78, 5) is 12.1. The Morgan fingerprint density at radius 2 is 0.964 bits per heavy atom. The smallest absolute Gasteiger partial charge is 0.161 e. The van der Waals surface area contributed by atoms with Gasteiger partial charge in [0.1, 0.15) is 0 Å². The first-order chi connectivity index (χ1) is 27.8. The van der Waals surface area contributed by atoms with E-state index in [1.54, 1.807) is 0 Å². The molecule has 0 N–H and O–H groups in total. The fourth-order valence-corrected chi connectivity index (χ4v) is 11.0. The van der Waals surface area contributed by atoms with Crippen LogP contribution in [0.15, 0.2) is 194 Å². The number of thiophene rings is 1. The average Bonchev–Trinajstić information content (AvgIpc) is 3.90. The fraction of sp³-hybridized carbons (Fsp3) is 0.0189. The normalized spacial score (nSPS) is 13.1. The van der Waals surface area contributed by atoms with E-state index < -0.39 is 0 Å². The van der Waals surface area contributed by atoms with Crippen molar-refractivity contribution in [3.8, 4) is 67.3 Å². The first-order valence-electron chi connectivity index (χ1n) is 19.2. The number of hydrogen-bond donors (Lipinski definition) is 0. The average molecular weight is 729 g/mol. The van der Waals surface area contributed by atoms with Crippen molar-refractivity contribution in [2.24, 2.45) is 0 Å². The molecule has 0 saturated heterocycles. The largest absolute Gasteiger partial charge is 0.228 e. The zero-order valence-corrected chi connectivity index (χ0v) is 31.1. The molecule has 0 unspecified atom stereocenters. The highest BCUT2D eigenvalue weighted by molar-refractivity contribution is 7.20. The lowest BCUT2D eigenvalue weighted by atomic mass is 9.73. The van der Waals surface area contributed by atoms with E-state index in [4.69, 9.17) is 9.97 Å². The molecule has 0 aliphatic heterocycles. The molecule has 0 fully saturated rings. The predicted octanol–water partition coefficient (Wildman–Crippen LogP) is 13.9. The lowest BCUT2D eigenvalue weighted by Gasteiger charge is -2.29. The Bertz CT molecular complexity index is 3160. The van der Waals surface area contributed by atoms with Gasteiger partial charge in [0.2, 0.25) is 0 Å². The third-order valence-electron chi connectivity index (χ3n) is 11.9. The van der Waals surface area contributed by atoms with Crippen molar-refractivity contribution < 1.29 is 0 Å². The van der Waals surface area contributed by atoms with Crippen LogP contribution in [0.25, 0.3) is 88.1 Å². The van der Waals surface area contributed by atoms with Crippen LogP contribution < -0.4 is 0 Å². The fourth-order valence-electron chi connectivity index (χ4n) is 9.56. The van der Waals surface area contributed by atoms with Crippen LogP contribution in [0.5, 0.6) is 0 Å². The first kappa shape index (κ1) is 31.4. The Labute approximate surface area is 329 Å². The molecule has 12 rings (SSSR count). The maximum Gasteiger partial charge on any atom is 0.161 e. The maximum absolute atomic E-state index is 5.38. The SMILES string of the molecule is c1ccc(-c2cc(-c3cccc4ccccc34)nc(-c3ccccc3-c3ccc4c(c3)-c3c(sc5ccccc35)C43c4ccccc4-c4ccccc43)n2)cc1. The minimum atomic E-state index is -0.375. The molecule has 2 aliphatic rings. The molecule has 2 aromatic heterocycles. The molecule has 56 heavy (non-hydrogen) atoms. The second-order valence-corrected chi connectivity index (χ2v) is 15.9. The lowest BCUT2D eigenvalue weighted by Crippen LogP contribution is -2.24. The highest BCUT2D eigenvalue weighted by Gasteiger charge is 2.53. The summed E-state index contributed by atoms with van der Waals surface area (Å²) in [5, 5.41) is 3.68. The summed E-state index contributed by atoms with van der Waals surface area (Å²) in [6.07, 6.45) is 0. The van der Waals surface area contributed by atoms with Crippen molar-refractivity contribution in [1.82, 2.24) is 9.97 Å². The maximum atomic E-state index is 5.38. The molecule has 0 saturated carbocycles. The molecule has 8 aromatic carbocycles. The molecule has 0 atom stereocenters. The van der Waals surface area contributed by atoms with Crippen LogP contribution in [0.3, 0.4) is 0 Å². The van der Waals surface area contributed by atoms with Gasteiger partial charge in [0, 0.05) is 37.2 Å². The van der Waals surface area contributed by atoms with Crippen molar-refractivity contribution in [3.63, 3.8) is 0 Å². The molecule has 2 heterocycles. The highest BCUT2D eigenvalue weighted by Crippen LogP contribution is 2.66. The van der Waals surface area contributed by atoms with Crippen molar-refractivity contribution in [2.75, 3.05) is 0 Å². The molecule has 0 amide bonds. The molecule has 10 aromatic rings. The predicted molar refractivity (Wildman–Crippen MR) is 233 cm³/mol. The molecule has 1 spiro atoms. The Hall–Kier alpha value is -6.94. The second kappa shape index (κ2) is 12.0. The molecule has 3 heteroatoms. The van der Waals surface area contributed by atoms with E-state index in [0.717, 1.165) is 39.2 Å². The van der Waals surface area contributed by atoms with Crippen molar-refractivity contribution in [3.05, 3.63) is 216 Å².